The van der Waals surface area contributed by atoms with Crippen molar-refractivity contribution in [2.24, 2.45) is 0 Å². The summed E-state index contributed by atoms with van der Waals surface area (Å²) in [5.74, 6) is 1.59. The third kappa shape index (κ3) is 2.92. The van der Waals surface area contributed by atoms with Crippen molar-refractivity contribution in [3.8, 4) is 5.95 Å². The van der Waals surface area contributed by atoms with Crippen LogP contribution in [-0.2, 0) is 6.42 Å². The summed E-state index contributed by atoms with van der Waals surface area (Å²) in [5.41, 5.74) is 2.10. The summed E-state index contributed by atoms with van der Waals surface area (Å²) < 4.78 is 11.2. The van der Waals surface area contributed by atoms with E-state index in [1.807, 2.05) is 25.1 Å². The van der Waals surface area contributed by atoms with E-state index in [4.69, 9.17) is 9.15 Å². The lowest BCUT2D eigenvalue weighted by atomic mass is 10.1. The highest BCUT2D eigenvalue weighted by molar-refractivity contribution is 5.23. The molecule has 1 aromatic heterocycles. The molecule has 0 unspecified atom stereocenters. The highest BCUT2D eigenvalue weighted by atomic mass is 16.6. The zero-order valence-corrected chi connectivity index (χ0v) is 11.1. The van der Waals surface area contributed by atoms with Gasteiger partial charge in [-0.2, -0.15) is 0 Å². The molecule has 18 heavy (non-hydrogen) atoms. The number of benzene rings is 1. The Balaban J connectivity index is 2.21. The zero-order chi connectivity index (χ0) is 13.0. The molecule has 2 aromatic rings. The van der Waals surface area contributed by atoms with Crippen LogP contribution in [0.15, 0.2) is 34.7 Å². The van der Waals surface area contributed by atoms with Crippen molar-refractivity contribution in [1.29, 1.82) is 0 Å². The van der Waals surface area contributed by atoms with Gasteiger partial charge in [0.05, 0.1) is 6.61 Å². The van der Waals surface area contributed by atoms with Crippen molar-refractivity contribution >= 4 is 0 Å². The van der Waals surface area contributed by atoms with Crippen molar-refractivity contribution in [1.82, 2.24) is 4.98 Å². The van der Waals surface area contributed by atoms with Crippen LogP contribution < -0.4 is 4.74 Å². The Morgan fingerprint density at radius 1 is 1.22 bits per heavy atom. The smallest absolute Gasteiger partial charge is 0.308 e. The van der Waals surface area contributed by atoms with E-state index in [1.165, 1.54) is 5.56 Å². The molecule has 0 saturated heterocycles. The van der Waals surface area contributed by atoms with Crippen LogP contribution in [0.5, 0.6) is 5.95 Å². The van der Waals surface area contributed by atoms with Gasteiger partial charge in [0.1, 0.15) is 5.69 Å². The number of rotatable bonds is 5. The molecule has 0 atom stereocenters. The maximum absolute atomic E-state index is 5.69. The fourth-order valence-corrected chi connectivity index (χ4v) is 1.81. The third-order valence-corrected chi connectivity index (χ3v) is 2.69. The van der Waals surface area contributed by atoms with E-state index in [0.29, 0.717) is 30.8 Å². The molecule has 0 radical (unpaired) electrons. The normalized spacial score (nSPS) is 10.9. The SMILES string of the molecule is CCOc1oc(Cc2ccccc2)nc1C(C)C. The van der Waals surface area contributed by atoms with Gasteiger partial charge < -0.3 is 9.15 Å². The lowest BCUT2D eigenvalue weighted by Gasteiger charge is -2.02. The lowest BCUT2D eigenvalue weighted by molar-refractivity contribution is 0.247. The topological polar surface area (TPSA) is 35.3 Å². The second-order valence-corrected chi connectivity index (χ2v) is 4.53. The Kier molecular flexibility index (Phi) is 4.03. The van der Waals surface area contributed by atoms with Crippen LogP contribution in [0.25, 0.3) is 0 Å². The van der Waals surface area contributed by atoms with Crippen LogP contribution in [0.4, 0.5) is 0 Å². The summed E-state index contributed by atoms with van der Waals surface area (Å²) >= 11 is 0. The van der Waals surface area contributed by atoms with Crippen molar-refractivity contribution in [3.05, 3.63) is 47.5 Å². The van der Waals surface area contributed by atoms with Gasteiger partial charge in [-0.05, 0) is 12.5 Å². The summed E-state index contributed by atoms with van der Waals surface area (Å²) in [6.07, 6.45) is 0.702. The van der Waals surface area contributed by atoms with Crippen LogP contribution in [0.2, 0.25) is 0 Å². The molecule has 0 aliphatic carbocycles. The summed E-state index contributed by atoms with van der Waals surface area (Å²) in [4.78, 5) is 4.53. The first kappa shape index (κ1) is 12.7. The molecule has 2 rings (SSSR count). The molecule has 1 heterocycles. The number of hydrogen-bond donors (Lipinski definition) is 0. The van der Waals surface area contributed by atoms with Gasteiger partial charge in [-0.3, -0.25) is 0 Å². The van der Waals surface area contributed by atoms with Crippen LogP contribution in [0, 0.1) is 0 Å². The highest BCUT2D eigenvalue weighted by Gasteiger charge is 2.17. The van der Waals surface area contributed by atoms with Crippen molar-refractivity contribution in [2.75, 3.05) is 6.61 Å². The molecule has 0 spiro atoms. The summed E-state index contributed by atoms with van der Waals surface area (Å²) in [6.45, 7) is 6.72. The Labute approximate surface area is 108 Å². The summed E-state index contributed by atoms with van der Waals surface area (Å²) in [5, 5.41) is 0. The molecule has 0 aliphatic rings. The number of ether oxygens (including phenoxy) is 1. The van der Waals surface area contributed by atoms with Gasteiger partial charge in [0, 0.05) is 12.3 Å². The minimum Gasteiger partial charge on any atom is -0.464 e. The van der Waals surface area contributed by atoms with Gasteiger partial charge in [-0.25, -0.2) is 4.98 Å². The van der Waals surface area contributed by atoms with Gasteiger partial charge >= 0.3 is 5.95 Å². The minimum atomic E-state index is 0.305. The molecule has 1 aromatic carbocycles. The molecular weight excluding hydrogens is 226 g/mol. The predicted molar refractivity (Wildman–Crippen MR) is 71.0 cm³/mol. The van der Waals surface area contributed by atoms with Crippen LogP contribution >= 0.6 is 0 Å². The monoisotopic (exact) mass is 245 g/mol. The van der Waals surface area contributed by atoms with Crippen molar-refractivity contribution < 1.29 is 9.15 Å². The van der Waals surface area contributed by atoms with Gasteiger partial charge in [-0.15, -0.1) is 0 Å². The van der Waals surface area contributed by atoms with Crippen LogP contribution in [0.3, 0.4) is 0 Å². The van der Waals surface area contributed by atoms with E-state index in [2.05, 4.69) is 31.0 Å². The largest absolute Gasteiger partial charge is 0.464 e. The van der Waals surface area contributed by atoms with E-state index in [1.54, 1.807) is 0 Å². The third-order valence-electron chi connectivity index (χ3n) is 2.69. The first-order valence-electron chi connectivity index (χ1n) is 6.37. The molecule has 3 heteroatoms. The van der Waals surface area contributed by atoms with Gasteiger partial charge in [0.25, 0.3) is 0 Å². The Morgan fingerprint density at radius 2 is 1.94 bits per heavy atom. The maximum Gasteiger partial charge on any atom is 0.308 e. The summed E-state index contributed by atoms with van der Waals surface area (Å²) in [7, 11) is 0. The van der Waals surface area contributed by atoms with Crippen LogP contribution in [-0.4, -0.2) is 11.6 Å². The molecule has 0 amide bonds. The molecule has 0 fully saturated rings. The summed E-state index contributed by atoms with van der Waals surface area (Å²) in [6, 6.07) is 10.2. The Morgan fingerprint density at radius 3 is 2.56 bits per heavy atom. The molecule has 0 bridgehead atoms. The lowest BCUT2D eigenvalue weighted by Crippen LogP contribution is -1.96. The minimum absolute atomic E-state index is 0.305. The van der Waals surface area contributed by atoms with Crippen LogP contribution in [0.1, 0.15) is 43.8 Å². The molecule has 0 saturated carbocycles. The molecule has 0 aliphatic heterocycles. The highest BCUT2D eigenvalue weighted by Crippen LogP contribution is 2.28. The van der Waals surface area contributed by atoms with Gasteiger partial charge in [0.15, 0.2) is 0 Å². The molecule has 0 N–H and O–H groups in total. The maximum atomic E-state index is 5.69. The quantitative estimate of drug-likeness (QED) is 0.804. The average molecular weight is 245 g/mol. The number of aromatic nitrogens is 1. The molecule has 3 nitrogen and oxygen atoms in total. The number of nitrogens with zero attached hydrogens (tertiary/aromatic N) is 1. The fourth-order valence-electron chi connectivity index (χ4n) is 1.81. The number of hydrogen-bond acceptors (Lipinski definition) is 3. The van der Waals surface area contributed by atoms with E-state index in [-0.39, 0.29) is 0 Å². The van der Waals surface area contributed by atoms with E-state index >= 15 is 0 Å². The Hall–Kier alpha value is -1.77. The predicted octanol–water partition coefficient (Wildman–Crippen LogP) is 3.79. The van der Waals surface area contributed by atoms with Crippen molar-refractivity contribution in [2.45, 2.75) is 33.1 Å². The van der Waals surface area contributed by atoms with E-state index in [0.717, 1.165) is 5.69 Å². The van der Waals surface area contributed by atoms with Crippen molar-refractivity contribution in [3.63, 3.8) is 0 Å². The van der Waals surface area contributed by atoms with Gasteiger partial charge in [0.2, 0.25) is 5.89 Å². The standard InChI is InChI=1S/C15H19NO2/c1-4-17-15-14(11(2)3)16-13(18-15)10-12-8-6-5-7-9-12/h5-9,11H,4,10H2,1-3H3. The zero-order valence-electron chi connectivity index (χ0n) is 11.1. The second kappa shape index (κ2) is 5.71. The number of oxazole rings is 1. The average Bonchev–Trinajstić information content (AvgIpc) is 2.74. The van der Waals surface area contributed by atoms with Gasteiger partial charge in [-0.1, -0.05) is 44.2 Å². The van der Waals surface area contributed by atoms with E-state index < -0.39 is 0 Å². The second-order valence-electron chi connectivity index (χ2n) is 4.53. The Bertz CT molecular complexity index is 488. The first-order valence-corrected chi connectivity index (χ1v) is 6.37. The first-order chi connectivity index (χ1) is 8.70. The molecule has 96 valence electrons. The fraction of sp³-hybridized carbons (Fsp3) is 0.400. The van der Waals surface area contributed by atoms with E-state index in [9.17, 15) is 0 Å². The molecular formula is C15H19NO2.